The number of nitrogens with one attached hydrogen (secondary N) is 1. The Morgan fingerprint density at radius 3 is 2.62 bits per heavy atom. The molecule has 0 unspecified atom stereocenters. The van der Waals surface area contributed by atoms with Crippen molar-refractivity contribution in [3.63, 3.8) is 0 Å². The summed E-state index contributed by atoms with van der Waals surface area (Å²) in [5.41, 5.74) is 3.06. The van der Waals surface area contributed by atoms with E-state index in [1.807, 2.05) is 0 Å². The van der Waals surface area contributed by atoms with Gasteiger partial charge in [0.1, 0.15) is 5.71 Å². The summed E-state index contributed by atoms with van der Waals surface area (Å²) < 4.78 is 0. The number of aromatic nitrogens is 1. The summed E-state index contributed by atoms with van der Waals surface area (Å²) in [6, 6.07) is 3.27. The number of amides is 1. The van der Waals surface area contributed by atoms with E-state index in [-0.39, 0.29) is 5.71 Å². The fourth-order valence-electron chi connectivity index (χ4n) is 0.849. The van der Waals surface area contributed by atoms with Crippen LogP contribution in [-0.2, 0) is 4.79 Å². The van der Waals surface area contributed by atoms with E-state index in [0.29, 0.717) is 5.56 Å². The lowest BCUT2D eigenvalue weighted by molar-refractivity contribution is -0.129. The zero-order chi connectivity index (χ0) is 12.1. The van der Waals surface area contributed by atoms with Crippen molar-refractivity contribution in [3.8, 4) is 0 Å². The fourth-order valence-corrected chi connectivity index (χ4v) is 0.849. The van der Waals surface area contributed by atoms with Crippen molar-refractivity contribution >= 4 is 17.6 Å². The van der Waals surface area contributed by atoms with E-state index in [1.54, 1.807) is 19.1 Å². The van der Waals surface area contributed by atoms with Crippen molar-refractivity contribution in [2.45, 2.75) is 13.8 Å². The first-order valence-electron chi connectivity index (χ1n) is 4.51. The van der Waals surface area contributed by atoms with E-state index in [9.17, 15) is 9.59 Å². The Morgan fingerprint density at radius 2 is 2.12 bits per heavy atom. The summed E-state index contributed by atoms with van der Waals surface area (Å²) in [5, 5.41) is 11.9. The average Bonchev–Trinajstić information content (AvgIpc) is 2.26. The summed E-state index contributed by atoms with van der Waals surface area (Å²) in [5.74, 6) is -1.67. The van der Waals surface area contributed by atoms with Gasteiger partial charge in [0, 0.05) is 11.9 Å². The summed E-state index contributed by atoms with van der Waals surface area (Å²) >= 11 is 0. The Balaban J connectivity index is 2.70. The number of carbonyl (C=O) groups is 2. The van der Waals surface area contributed by atoms with Gasteiger partial charge >= 0.3 is 5.97 Å². The van der Waals surface area contributed by atoms with Crippen molar-refractivity contribution in [2.75, 3.05) is 0 Å². The highest BCUT2D eigenvalue weighted by molar-refractivity contribution is 6.34. The third-order valence-corrected chi connectivity index (χ3v) is 1.81. The van der Waals surface area contributed by atoms with Crippen LogP contribution in [0.15, 0.2) is 23.4 Å². The molecule has 0 spiro atoms. The molecule has 1 amide bonds. The molecule has 1 aromatic heterocycles. The second kappa shape index (κ2) is 5.01. The molecule has 0 radical (unpaired) electrons. The monoisotopic (exact) mass is 221 g/mol. The minimum absolute atomic E-state index is 0.187. The zero-order valence-electron chi connectivity index (χ0n) is 8.89. The number of pyridine rings is 1. The van der Waals surface area contributed by atoms with E-state index >= 15 is 0 Å². The van der Waals surface area contributed by atoms with Gasteiger partial charge in [0.15, 0.2) is 0 Å². The molecule has 0 aliphatic rings. The van der Waals surface area contributed by atoms with Crippen LogP contribution in [-0.4, -0.2) is 27.7 Å². The van der Waals surface area contributed by atoms with Crippen LogP contribution in [0.5, 0.6) is 0 Å². The van der Waals surface area contributed by atoms with Gasteiger partial charge in [0.2, 0.25) is 0 Å². The second-order valence-electron chi connectivity index (χ2n) is 3.13. The van der Waals surface area contributed by atoms with Crippen LogP contribution in [0.1, 0.15) is 23.0 Å². The quantitative estimate of drug-likeness (QED) is 0.577. The molecular weight excluding hydrogens is 210 g/mol. The summed E-state index contributed by atoms with van der Waals surface area (Å²) in [7, 11) is 0. The number of aliphatic carboxylic acids is 1. The molecule has 6 nitrogen and oxygen atoms in total. The van der Waals surface area contributed by atoms with Crippen LogP contribution in [0.3, 0.4) is 0 Å². The fraction of sp³-hybridized carbons (Fsp3) is 0.200. The lowest BCUT2D eigenvalue weighted by Gasteiger charge is -2.00. The minimum Gasteiger partial charge on any atom is -0.477 e. The van der Waals surface area contributed by atoms with E-state index in [1.165, 1.54) is 13.1 Å². The number of hydrogen-bond donors (Lipinski definition) is 2. The van der Waals surface area contributed by atoms with Gasteiger partial charge in [-0.15, -0.1) is 0 Å². The van der Waals surface area contributed by atoms with Gasteiger partial charge in [0.05, 0.1) is 5.56 Å². The summed E-state index contributed by atoms with van der Waals surface area (Å²) in [6.07, 6.45) is 1.40. The third kappa shape index (κ3) is 3.16. The molecule has 0 bridgehead atoms. The van der Waals surface area contributed by atoms with Gasteiger partial charge in [-0.25, -0.2) is 10.2 Å². The van der Waals surface area contributed by atoms with Crippen LogP contribution < -0.4 is 5.43 Å². The maximum absolute atomic E-state index is 11.4. The van der Waals surface area contributed by atoms with Gasteiger partial charge < -0.3 is 5.11 Å². The molecule has 1 heterocycles. The Bertz CT molecular complexity index is 437. The Labute approximate surface area is 92.0 Å². The molecule has 16 heavy (non-hydrogen) atoms. The number of aryl methyl sites for hydroxylation is 1. The molecule has 0 atom stereocenters. The molecule has 0 aliphatic carbocycles. The lowest BCUT2D eigenvalue weighted by atomic mass is 10.2. The molecule has 0 aliphatic heterocycles. The summed E-state index contributed by atoms with van der Waals surface area (Å²) in [6.45, 7) is 3.09. The molecule has 0 fully saturated rings. The SMILES string of the molecule is C/C(=N/NC(=O)c1ccc(C)nc1)C(=O)O. The molecule has 2 N–H and O–H groups in total. The minimum atomic E-state index is -1.18. The zero-order valence-corrected chi connectivity index (χ0v) is 8.89. The lowest BCUT2D eigenvalue weighted by Crippen LogP contribution is -2.21. The van der Waals surface area contributed by atoms with E-state index in [4.69, 9.17) is 5.11 Å². The van der Waals surface area contributed by atoms with Crippen LogP contribution in [0.4, 0.5) is 0 Å². The number of rotatable bonds is 3. The van der Waals surface area contributed by atoms with Gasteiger partial charge in [-0.1, -0.05) is 0 Å². The highest BCUT2D eigenvalue weighted by Crippen LogP contribution is 1.98. The van der Waals surface area contributed by atoms with E-state index in [2.05, 4.69) is 15.5 Å². The third-order valence-electron chi connectivity index (χ3n) is 1.81. The summed E-state index contributed by atoms with van der Waals surface area (Å²) in [4.78, 5) is 25.8. The molecule has 0 aromatic carbocycles. The standard InChI is InChI=1S/C10H11N3O3/c1-6-3-4-8(5-11-6)9(14)13-12-7(2)10(15)16/h3-5H,1-2H3,(H,13,14)(H,15,16)/b12-7-. The van der Waals surface area contributed by atoms with Crippen LogP contribution >= 0.6 is 0 Å². The van der Waals surface area contributed by atoms with Gasteiger partial charge in [0.25, 0.3) is 5.91 Å². The smallest absolute Gasteiger partial charge is 0.351 e. The number of hydrogen-bond acceptors (Lipinski definition) is 4. The van der Waals surface area contributed by atoms with Gasteiger partial charge in [-0.05, 0) is 26.0 Å². The highest BCUT2D eigenvalue weighted by Gasteiger charge is 2.06. The number of carbonyl (C=O) groups excluding carboxylic acids is 1. The largest absolute Gasteiger partial charge is 0.477 e. The van der Waals surface area contributed by atoms with Crippen molar-refractivity contribution in [1.29, 1.82) is 0 Å². The number of nitrogens with zero attached hydrogens (tertiary/aromatic N) is 2. The number of hydrazone groups is 1. The predicted molar refractivity (Wildman–Crippen MR) is 57.2 cm³/mol. The number of carboxylic acid groups (broad SMARTS) is 1. The molecular formula is C10H11N3O3. The van der Waals surface area contributed by atoms with Crippen molar-refractivity contribution in [3.05, 3.63) is 29.6 Å². The Hall–Kier alpha value is -2.24. The van der Waals surface area contributed by atoms with E-state index in [0.717, 1.165) is 5.69 Å². The van der Waals surface area contributed by atoms with Crippen LogP contribution in [0.2, 0.25) is 0 Å². The Kier molecular flexibility index (Phi) is 3.71. The second-order valence-corrected chi connectivity index (χ2v) is 3.13. The van der Waals surface area contributed by atoms with Gasteiger partial charge in [-0.2, -0.15) is 5.10 Å². The highest BCUT2D eigenvalue weighted by atomic mass is 16.4. The topological polar surface area (TPSA) is 91.7 Å². The normalized spacial score (nSPS) is 11.0. The maximum Gasteiger partial charge on any atom is 0.351 e. The van der Waals surface area contributed by atoms with Crippen molar-refractivity contribution in [1.82, 2.24) is 10.4 Å². The molecule has 6 heteroatoms. The molecule has 0 saturated heterocycles. The van der Waals surface area contributed by atoms with Crippen molar-refractivity contribution in [2.24, 2.45) is 5.10 Å². The van der Waals surface area contributed by atoms with Crippen LogP contribution in [0.25, 0.3) is 0 Å². The van der Waals surface area contributed by atoms with Crippen LogP contribution in [0, 0.1) is 6.92 Å². The van der Waals surface area contributed by atoms with Gasteiger partial charge in [-0.3, -0.25) is 9.78 Å². The molecule has 84 valence electrons. The molecule has 1 rings (SSSR count). The molecule has 1 aromatic rings. The average molecular weight is 221 g/mol. The first kappa shape index (κ1) is 11.8. The van der Waals surface area contributed by atoms with E-state index < -0.39 is 11.9 Å². The van der Waals surface area contributed by atoms with Crippen molar-refractivity contribution < 1.29 is 14.7 Å². The Morgan fingerprint density at radius 1 is 1.44 bits per heavy atom. The first-order valence-corrected chi connectivity index (χ1v) is 4.51. The number of carboxylic acids is 1. The first-order chi connectivity index (χ1) is 7.50. The predicted octanol–water partition coefficient (Wildman–Crippen LogP) is 0.580. The maximum atomic E-state index is 11.4. The molecule has 0 saturated carbocycles.